The normalized spacial score (nSPS) is 18.4. The second-order valence-corrected chi connectivity index (χ2v) is 3.98. The Morgan fingerprint density at radius 1 is 1.25 bits per heavy atom. The maximum Gasteiger partial charge on any atom is 0.204 e. The van der Waals surface area contributed by atoms with Gasteiger partial charge in [0.15, 0.2) is 0 Å². The summed E-state index contributed by atoms with van der Waals surface area (Å²) in [5.74, 6) is 0.997. The summed E-state index contributed by atoms with van der Waals surface area (Å²) in [5, 5.41) is 2.40. The molecule has 82 valence electrons. The molecule has 2 heteroatoms. The van der Waals surface area contributed by atoms with Crippen LogP contribution in [0.15, 0.2) is 36.4 Å². The topological polar surface area (TPSA) is 18.5 Å². The molecule has 16 heavy (non-hydrogen) atoms. The lowest BCUT2D eigenvalue weighted by Crippen LogP contribution is -2.17. The van der Waals surface area contributed by atoms with Gasteiger partial charge in [0.2, 0.25) is 6.29 Å². The van der Waals surface area contributed by atoms with E-state index in [1.807, 2.05) is 19.1 Å². The molecule has 2 aromatic carbocycles. The second kappa shape index (κ2) is 3.80. The summed E-state index contributed by atoms with van der Waals surface area (Å²) < 4.78 is 11.4. The van der Waals surface area contributed by atoms with E-state index in [9.17, 15) is 0 Å². The smallest absolute Gasteiger partial charge is 0.204 e. The Bertz CT molecular complexity index is 519. The molecule has 1 aliphatic rings. The van der Waals surface area contributed by atoms with E-state index in [1.54, 1.807) is 0 Å². The predicted molar refractivity (Wildman–Crippen MR) is 63.7 cm³/mol. The van der Waals surface area contributed by atoms with Crippen LogP contribution >= 0.6 is 0 Å². The van der Waals surface area contributed by atoms with Gasteiger partial charge in [-0.1, -0.05) is 36.4 Å². The van der Waals surface area contributed by atoms with Crippen molar-refractivity contribution < 1.29 is 9.47 Å². The molecule has 1 heterocycles. The Labute approximate surface area is 94.8 Å². The van der Waals surface area contributed by atoms with Crippen LogP contribution in [0.25, 0.3) is 10.8 Å². The maximum atomic E-state index is 5.84. The number of benzene rings is 2. The summed E-state index contributed by atoms with van der Waals surface area (Å²) in [6, 6.07) is 12.6. The quantitative estimate of drug-likeness (QED) is 0.764. The lowest BCUT2D eigenvalue weighted by Gasteiger charge is -2.10. The molecule has 0 amide bonds. The predicted octanol–water partition coefficient (Wildman–Crippen LogP) is 3.14. The molecule has 2 nitrogen and oxygen atoms in total. The molecular weight excluding hydrogens is 200 g/mol. The van der Waals surface area contributed by atoms with Crippen molar-refractivity contribution in [1.82, 2.24) is 0 Å². The third kappa shape index (κ3) is 1.46. The molecule has 1 aliphatic heterocycles. The largest absolute Gasteiger partial charge is 0.464 e. The first-order valence-corrected chi connectivity index (χ1v) is 5.67. The van der Waals surface area contributed by atoms with Gasteiger partial charge < -0.3 is 9.47 Å². The Morgan fingerprint density at radius 2 is 2.12 bits per heavy atom. The van der Waals surface area contributed by atoms with Gasteiger partial charge in [0.25, 0.3) is 0 Å². The van der Waals surface area contributed by atoms with E-state index in [1.165, 1.54) is 16.3 Å². The Balaban J connectivity index is 2.07. The van der Waals surface area contributed by atoms with Crippen molar-refractivity contribution in [2.24, 2.45) is 0 Å². The van der Waals surface area contributed by atoms with E-state index in [0.717, 1.165) is 12.2 Å². The number of hydrogen-bond acceptors (Lipinski definition) is 2. The molecular formula is C14H14O2. The summed E-state index contributed by atoms with van der Waals surface area (Å²) in [7, 11) is 0. The van der Waals surface area contributed by atoms with Crippen LogP contribution in [0.3, 0.4) is 0 Å². The number of rotatable bonds is 2. The first kappa shape index (κ1) is 9.67. The van der Waals surface area contributed by atoms with Crippen LogP contribution in [0, 0.1) is 0 Å². The van der Waals surface area contributed by atoms with Crippen LogP contribution in [0.1, 0.15) is 12.5 Å². The lowest BCUT2D eigenvalue weighted by atomic mass is 10.1. The van der Waals surface area contributed by atoms with Crippen molar-refractivity contribution in [3.8, 4) is 5.75 Å². The summed E-state index contributed by atoms with van der Waals surface area (Å²) >= 11 is 0. The molecule has 0 fully saturated rings. The zero-order valence-corrected chi connectivity index (χ0v) is 9.27. The van der Waals surface area contributed by atoms with Gasteiger partial charge in [-0.25, -0.2) is 0 Å². The Morgan fingerprint density at radius 3 is 3.00 bits per heavy atom. The minimum atomic E-state index is -0.106. The zero-order chi connectivity index (χ0) is 11.0. The van der Waals surface area contributed by atoms with E-state index in [0.29, 0.717) is 6.61 Å². The number of hydrogen-bond donors (Lipinski definition) is 0. The summed E-state index contributed by atoms with van der Waals surface area (Å²) in [4.78, 5) is 0. The van der Waals surface area contributed by atoms with Gasteiger partial charge in [0, 0.05) is 24.0 Å². The summed E-state index contributed by atoms with van der Waals surface area (Å²) in [6.07, 6.45) is 0.749. The Hall–Kier alpha value is -1.54. The van der Waals surface area contributed by atoms with Crippen LogP contribution in [-0.2, 0) is 11.2 Å². The van der Waals surface area contributed by atoms with Crippen molar-refractivity contribution >= 4 is 10.8 Å². The van der Waals surface area contributed by atoms with E-state index in [-0.39, 0.29) is 6.29 Å². The monoisotopic (exact) mass is 214 g/mol. The van der Waals surface area contributed by atoms with Gasteiger partial charge in [-0.15, -0.1) is 0 Å². The molecule has 2 aromatic rings. The molecule has 0 saturated carbocycles. The van der Waals surface area contributed by atoms with E-state index in [2.05, 4.69) is 24.3 Å². The average Bonchev–Trinajstić information content (AvgIpc) is 2.72. The minimum absolute atomic E-state index is 0.106. The van der Waals surface area contributed by atoms with Crippen molar-refractivity contribution in [3.63, 3.8) is 0 Å². The van der Waals surface area contributed by atoms with Crippen molar-refractivity contribution in [2.75, 3.05) is 6.61 Å². The average molecular weight is 214 g/mol. The lowest BCUT2D eigenvalue weighted by molar-refractivity contribution is -0.0596. The van der Waals surface area contributed by atoms with Crippen molar-refractivity contribution in [3.05, 3.63) is 42.0 Å². The van der Waals surface area contributed by atoms with Gasteiger partial charge in [0.05, 0.1) is 0 Å². The van der Waals surface area contributed by atoms with E-state index in [4.69, 9.17) is 9.47 Å². The second-order valence-electron chi connectivity index (χ2n) is 3.98. The summed E-state index contributed by atoms with van der Waals surface area (Å²) in [5.41, 5.74) is 1.25. The van der Waals surface area contributed by atoms with Gasteiger partial charge in [0.1, 0.15) is 5.75 Å². The van der Waals surface area contributed by atoms with Gasteiger partial charge in [-0.3, -0.25) is 0 Å². The highest BCUT2D eigenvalue weighted by atomic mass is 16.7. The number of ether oxygens (including phenoxy) is 2. The van der Waals surface area contributed by atoms with Crippen LogP contribution in [0.5, 0.6) is 5.75 Å². The maximum absolute atomic E-state index is 5.84. The fourth-order valence-electron chi connectivity index (χ4n) is 2.22. The van der Waals surface area contributed by atoms with Crippen LogP contribution in [-0.4, -0.2) is 12.9 Å². The zero-order valence-electron chi connectivity index (χ0n) is 9.27. The van der Waals surface area contributed by atoms with Gasteiger partial charge >= 0.3 is 0 Å². The first-order valence-electron chi connectivity index (χ1n) is 5.67. The van der Waals surface area contributed by atoms with E-state index < -0.39 is 0 Å². The molecule has 0 aliphatic carbocycles. The van der Waals surface area contributed by atoms with Crippen LogP contribution in [0.2, 0.25) is 0 Å². The highest BCUT2D eigenvalue weighted by Crippen LogP contribution is 2.36. The molecule has 0 bridgehead atoms. The standard InChI is InChI=1S/C14H14O2/c1-2-15-13-9-11-8-7-10-5-3-4-6-12(10)14(11)16-13/h3-8,13H,2,9H2,1H3. The molecule has 0 saturated heterocycles. The minimum Gasteiger partial charge on any atom is -0.464 e. The molecule has 1 atom stereocenters. The van der Waals surface area contributed by atoms with Crippen LogP contribution < -0.4 is 4.74 Å². The molecule has 0 aromatic heterocycles. The van der Waals surface area contributed by atoms with Crippen molar-refractivity contribution in [1.29, 1.82) is 0 Å². The third-order valence-electron chi connectivity index (χ3n) is 2.95. The van der Waals surface area contributed by atoms with E-state index >= 15 is 0 Å². The molecule has 0 N–H and O–H groups in total. The number of fused-ring (bicyclic) bond motifs is 3. The van der Waals surface area contributed by atoms with Gasteiger partial charge in [-0.05, 0) is 12.3 Å². The SMILES string of the molecule is CCOC1Cc2ccc3ccccc3c2O1. The molecule has 0 radical (unpaired) electrons. The van der Waals surface area contributed by atoms with Crippen LogP contribution in [0.4, 0.5) is 0 Å². The fraction of sp³-hybridized carbons (Fsp3) is 0.286. The first-order chi connectivity index (χ1) is 7.88. The molecule has 0 spiro atoms. The highest BCUT2D eigenvalue weighted by molar-refractivity contribution is 5.90. The fourth-order valence-corrected chi connectivity index (χ4v) is 2.22. The molecule has 3 rings (SSSR count). The third-order valence-corrected chi connectivity index (χ3v) is 2.95. The highest BCUT2D eigenvalue weighted by Gasteiger charge is 2.24. The van der Waals surface area contributed by atoms with Gasteiger partial charge in [-0.2, -0.15) is 0 Å². The molecule has 1 unspecified atom stereocenters. The van der Waals surface area contributed by atoms with Crippen molar-refractivity contribution in [2.45, 2.75) is 19.6 Å². The Kier molecular flexibility index (Phi) is 2.29. The summed E-state index contributed by atoms with van der Waals surface area (Å²) in [6.45, 7) is 2.68.